The molecular formula is C20H22ClFN2O2. The number of halogens is 2. The number of carbonyl (C=O) groups is 1. The van der Waals surface area contributed by atoms with Crippen molar-refractivity contribution in [1.82, 2.24) is 9.80 Å². The van der Waals surface area contributed by atoms with Gasteiger partial charge in [-0.1, -0.05) is 35.9 Å². The summed E-state index contributed by atoms with van der Waals surface area (Å²) in [6.07, 6.45) is 0.396. The van der Waals surface area contributed by atoms with Crippen molar-refractivity contribution in [2.75, 3.05) is 39.3 Å². The van der Waals surface area contributed by atoms with Crippen molar-refractivity contribution >= 4 is 17.5 Å². The van der Waals surface area contributed by atoms with Gasteiger partial charge in [-0.05, 0) is 29.8 Å². The van der Waals surface area contributed by atoms with Crippen LogP contribution in [0.1, 0.15) is 5.56 Å². The molecule has 26 heavy (non-hydrogen) atoms. The molecule has 0 unspecified atom stereocenters. The van der Waals surface area contributed by atoms with Gasteiger partial charge in [0.2, 0.25) is 5.91 Å². The van der Waals surface area contributed by atoms with E-state index in [0.29, 0.717) is 37.7 Å². The lowest BCUT2D eigenvalue weighted by molar-refractivity contribution is -0.132. The van der Waals surface area contributed by atoms with Crippen LogP contribution in [0.15, 0.2) is 48.5 Å². The monoisotopic (exact) mass is 376 g/mol. The Morgan fingerprint density at radius 3 is 2.42 bits per heavy atom. The summed E-state index contributed by atoms with van der Waals surface area (Å²) in [4.78, 5) is 16.5. The maximum Gasteiger partial charge on any atom is 0.227 e. The molecule has 0 N–H and O–H groups in total. The Labute approximate surface area is 158 Å². The van der Waals surface area contributed by atoms with Crippen molar-refractivity contribution in [2.45, 2.75) is 6.42 Å². The van der Waals surface area contributed by atoms with Gasteiger partial charge in [-0.25, -0.2) is 4.39 Å². The molecule has 1 aliphatic rings. The van der Waals surface area contributed by atoms with Gasteiger partial charge in [-0.3, -0.25) is 9.69 Å². The molecule has 0 aliphatic carbocycles. The Kier molecular flexibility index (Phi) is 6.47. The average molecular weight is 377 g/mol. The number of para-hydroxylation sites is 1. The standard InChI is InChI=1S/C20H22ClFN2O2/c21-17-7-5-16(6-8-17)15-20(25)24-11-9-23(10-12-24)13-14-26-19-4-2-1-3-18(19)22/h1-8H,9-15H2. The van der Waals surface area contributed by atoms with E-state index in [-0.39, 0.29) is 17.5 Å². The maximum absolute atomic E-state index is 13.5. The number of ether oxygens (including phenoxy) is 1. The fraction of sp³-hybridized carbons (Fsp3) is 0.350. The van der Waals surface area contributed by atoms with Crippen molar-refractivity contribution in [3.63, 3.8) is 0 Å². The summed E-state index contributed by atoms with van der Waals surface area (Å²) < 4.78 is 19.0. The summed E-state index contributed by atoms with van der Waals surface area (Å²) in [5, 5.41) is 0.674. The molecule has 6 heteroatoms. The number of carbonyl (C=O) groups excluding carboxylic acids is 1. The Hall–Kier alpha value is -2.11. The summed E-state index contributed by atoms with van der Waals surface area (Å²) in [6, 6.07) is 13.8. The minimum Gasteiger partial charge on any atom is -0.489 e. The van der Waals surface area contributed by atoms with E-state index >= 15 is 0 Å². The highest BCUT2D eigenvalue weighted by Gasteiger charge is 2.21. The molecule has 1 amide bonds. The molecule has 4 nitrogen and oxygen atoms in total. The fourth-order valence-corrected chi connectivity index (χ4v) is 3.08. The first-order valence-electron chi connectivity index (χ1n) is 8.74. The maximum atomic E-state index is 13.5. The highest BCUT2D eigenvalue weighted by Crippen LogP contribution is 2.15. The van der Waals surface area contributed by atoms with Crippen LogP contribution in [0.2, 0.25) is 5.02 Å². The molecule has 0 saturated carbocycles. The predicted octanol–water partition coefficient (Wildman–Crippen LogP) is 3.24. The molecule has 3 rings (SSSR count). The molecule has 1 fully saturated rings. The number of hydrogen-bond donors (Lipinski definition) is 0. The van der Waals surface area contributed by atoms with Crippen LogP contribution in [0.5, 0.6) is 5.75 Å². The Morgan fingerprint density at radius 1 is 1.04 bits per heavy atom. The van der Waals surface area contributed by atoms with Gasteiger partial charge in [0.05, 0.1) is 6.42 Å². The van der Waals surface area contributed by atoms with E-state index in [4.69, 9.17) is 16.3 Å². The number of piperazine rings is 1. The van der Waals surface area contributed by atoms with Crippen LogP contribution in [0, 0.1) is 5.82 Å². The van der Waals surface area contributed by atoms with Crippen molar-refractivity contribution in [3.8, 4) is 5.75 Å². The smallest absolute Gasteiger partial charge is 0.227 e. The van der Waals surface area contributed by atoms with Crippen LogP contribution in [0.4, 0.5) is 4.39 Å². The van der Waals surface area contributed by atoms with Crippen LogP contribution in [-0.4, -0.2) is 55.0 Å². The number of rotatable bonds is 6. The lowest BCUT2D eigenvalue weighted by Gasteiger charge is -2.34. The number of nitrogens with zero attached hydrogens (tertiary/aromatic N) is 2. The summed E-state index contributed by atoms with van der Waals surface area (Å²) in [5.74, 6) is 0.0731. The van der Waals surface area contributed by atoms with Gasteiger partial charge in [0.1, 0.15) is 6.61 Å². The van der Waals surface area contributed by atoms with E-state index in [9.17, 15) is 9.18 Å². The van der Waals surface area contributed by atoms with Crippen LogP contribution >= 0.6 is 11.6 Å². The van der Waals surface area contributed by atoms with E-state index in [2.05, 4.69) is 4.90 Å². The second-order valence-electron chi connectivity index (χ2n) is 6.30. The lowest BCUT2D eigenvalue weighted by atomic mass is 10.1. The average Bonchev–Trinajstić information content (AvgIpc) is 2.66. The van der Waals surface area contributed by atoms with Gasteiger partial charge < -0.3 is 9.64 Å². The Bertz CT molecular complexity index is 731. The zero-order valence-electron chi connectivity index (χ0n) is 14.5. The number of benzene rings is 2. The van der Waals surface area contributed by atoms with Gasteiger partial charge in [0.25, 0.3) is 0 Å². The van der Waals surface area contributed by atoms with E-state index in [1.807, 2.05) is 17.0 Å². The van der Waals surface area contributed by atoms with Crippen LogP contribution < -0.4 is 4.74 Å². The van der Waals surface area contributed by atoms with Gasteiger partial charge >= 0.3 is 0 Å². The zero-order valence-corrected chi connectivity index (χ0v) is 15.3. The van der Waals surface area contributed by atoms with Gasteiger partial charge in [0.15, 0.2) is 11.6 Å². The Balaban J connectivity index is 1.39. The molecule has 0 spiro atoms. The third-order valence-electron chi connectivity index (χ3n) is 4.50. The van der Waals surface area contributed by atoms with Crippen molar-refractivity contribution in [1.29, 1.82) is 0 Å². The van der Waals surface area contributed by atoms with E-state index in [1.165, 1.54) is 6.07 Å². The summed E-state index contributed by atoms with van der Waals surface area (Å²) in [6.45, 7) is 4.14. The first-order chi connectivity index (χ1) is 12.6. The molecule has 2 aromatic carbocycles. The van der Waals surface area contributed by atoms with Crippen molar-refractivity contribution < 1.29 is 13.9 Å². The van der Waals surface area contributed by atoms with Gasteiger partial charge in [-0.2, -0.15) is 0 Å². The topological polar surface area (TPSA) is 32.8 Å². The van der Waals surface area contributed by atoms with E-state index in [0.717, 1.165) is 18.7 Å². The molecule has 0 aromatic heterocycles. The highest BCUT2D eigenvalue weighted by molar-refractivity contribution is 6.30. The second kappa shape index (κ2) is 9.01. The van der Waals surface area contributed by atoms with Crippen molar-refractivity contribution in [3.05, 3.63) is 64.9 Å². The fourth-order valence-electron chi connectivity index (χ4n) is 2.96. The molecule has 138 valence electrons. The second-order valence-corrected chi connectivity index (χ2v) is 6.74. The summed E-state index contributed by atoms with van der Waals surface area (Å²) >= 11 is 5.87. The Morgan fingerprint density at radius 2 is 1.73 bits per heavy atom. The summed E-state index contributed by atoms with van der Waals surface area (Å²) in [5.41, 5.74) is 0.972. The highest BCUT2D eigenvalue weighted by atomic mass is 35.5. The number of amides is 1. The largest absolute Gasteiger partial charge is 0.489 e. The SMILES string of the molecule is O=C(Cc1ccc(Cl)cc1)N1CCN(CCOc2ccccc2F)CC1. The van der Waals surface area contributed by atoms with E-state index < -0.39 is 0 Å². The van der Waals surface area contributed by atoms with Crippen LogP contribution in [0.25, 0.3) is 0 Å². The lowest BCUT2D eigenvalue weighted by Crippen LogP contribution is -2.49. The third-order valence-corrected chi connectivity index (χ3v) is 4.75. The molecule has 1 heterocycles. The van der Waals surface area contributed by atoms with Crippen LogP contribution in [0.3, 0.4) is 0 Å². The predicted molar refractivity (Wildman–Crippen MR) is 100 cm³/mol. The minimum atomic E-state index is -0.342. The normalized spacial score (nSPS) is 15.1. The zero-order chi connectivity index (χ0) is 18.4. The number of hydrogen-bond acceptors (Lipinski definition) is 3. The third kappa shape index (κ3) is 5.19. The van der Waals surface area contributed by atoms with Gasteiger partial charge in [-0.15, -0.1) is 0 Å². The molecule has 0 bridgehead atoms. The van der Waals surface area contributed by atoms with Crippen LogP contribution in [-0.2, 0) is 11.2 Å². The van der Waals surface area contributed by atoms with Gasteiger partial charge in [0, 0.05) is 37.7 Å². The van der Waals surface area contributed by atoms with Crippen molar-refractivity contribution in [2.24, 2.45) is 0 Å². The quantitative estimate of drug-likeness (QED) is 0.776. The first kappa shape index (κ1) is 18.7. The molecule has 0 atom stereocenters. The van der Waals surface area contributed by atoms with E-state index in [1.54, 1.807) is 30.3 Å². The minimum absolute atomic E-state index is 0.134. The molecule has 1 saturated heterocycles. The molecular weight excluding hydrogens is 355 g/mol. The molecule has 1 aliphatic heterocycles. The first-order valence-corrected chi connectivity index (χ1v) is 9.11. The molecule has 0 radical (unpaired) electrons. The molecule has 2 aromatic rings. The summed E-state index contributed by atoms with van der Waals surface area (Å²) in [7, 11) is 0.